The fourth-order valence-electron chi connectivity index (χ4n) is 1.41. The van der Waals surface area contributed by atoms with E-state index in [1.54, 1.807) is 0 Å². The Morgan fingerprint density at radius 2 is 2.10 bits per heavy atom. The highest BCUT2D eigenvalue weighted by atomic mass is 15.2. The van der Waals surface area contributed by atoms with Gasteiger partial charge in [0.05, 0.1) is 0 Å². The number of rotatable bonds is 1. The van der Waals surface area contributed by atoms with E-state index in [1.807, 2.05) is 0 Å². The Kier molecular flexibility index (Phi) is 2.75. The van der Waals surface area contributed by atoms with Gasteiger partial charge in [0.15, 0.2) is 0 Å². The summed E-state index contributed by atoms with van der Waals surface area (Å²) in [4.78, 5) is 4.93. The van der Waals surface area contributed by atoms with Crippen LogP contribution >= 0.6 is 0 Å². The molecule has 1 saturated heterocycles. The van der Waals surface area contributed by atoms with E-state index in [-0.39, 0.29) is 0 Å². The highest BCUT2D eigenvalue weighted by molar-refractivity contribution is 6.29. The van der Waals surface area contributed by atoms with Crippen LogP contribution in [0.15, 0.2) is 0 Å². The summed E-state index contributed by atoms with van der Waals surface area (Å²) >= 11 is 0. The maximum atomic E-state index is 2.50. The molecule has 0 radical (unpaired) electrons. The lowest BCUT2D eigenvalue weighted by molar-refractivity contribution is 0.160. The molecule has 1 aliphatic heterocycles. The quantitative estimate of drug-likeness (QED) is 0.474. The molecule has 1 fully saturated rings. The molecule has 0 spiro atoms. The Morgan fingerprint density at radius 3 is 2.60 bits per heavy atom. The molecule has 0 bridgehead atoms. The van der Waals surface area contributed by atoms with Crippen LogP contribution in [0.25, 0.3) is 0 Å². The van der Waals surface area contributed by atoms with Gasteiger partial charge in [0.1, 0.15) is 0 Å². The maximum absolute atomic E-state index is 2.50. The fourth-order valence-corrected chi connectivity index (χ4v) is 1.41. The first-order valence-electron chi connectivity index (χ1n) is 4.16. The second kappa shape index (κ2) is 3.40. The van der Waals surface area contributed by atoms with Gasteiger partial charge in [-0.2, -0.15) is 0 Å². The largest absolute Gasteiger partial charge is 0.343 e. The van der Waals surface area contributed by atoms with E-state index in [9.17, 15) is 0 Å². The third-order valence-electron chi connectivity index (χ3n) is 2.49. The molecule has 2 nitrogen and oxygen atoms in total. The van der Waals surface area contributed by atoms with Gasteiger partial charge in [0, 0.05) is 19.1 Å². The van der Waals surface area contributed by atoms with Gasteiger partial charge in [-0.05, 0) is 20.5 Å². The van der Waals surface area contributed by atoms with Crippen molar-refractivity contribution in [3.8, 4) is 0 Å². The first-order valence-corrected chi connectivity index (χ1v) is 4.16. The highest BCUT2D eigenvalue weighted by Crippen LogP contribution is 2.04. The van der Waals surface area contributed by atoms with Crippen LogP contribution in [0.2, 0.25) is 6.82 Å². The zero-order chi connectivity index (χ0) is 7.56. The van der Waals surface area contributed by atoms with Gasteiger partial charge in [-0.15, -0.1) is 0 Å². The molecule has 1 aliphatic rings. The normalized spacial score (nSPS) is 30.5. The summed E-state index contributed by atoms with van der Waals surface area (Å²) in [5.41, 5.74) is 0. The van der Waals surface area contributed by atoms with Crippen LogP contribution in [-0.4, -0.2) is 49.8 Å². The molecule has 10 heavy (non-hydrogen) atoms. The molecule has 1 heterocycles. The van der Waals surface area contributed by atoms with E-state index in [2.05, 4.69) is 30.5 Å². The second-order valence-electron chi connectivity index (χ2n) is 3.22. The van der Waals surface area contributed by atoms with E-state index < -0.39 is 0 Å². The van der Waals surface area contributed by atoms with Gasteiger partial charge in [-0.25, -0.2) is 0 Å². The summed E-state index contributed by atoms with van der Waals surface area (Å²) in [5, 5.41) is 0. The zero-order valence-corrected chi connectivity index (χ0v) is 7.30. The lowest BCUT2D eigenvalue weighted by Crippen LogP contribution is -2.50. The van der Waals surface area contributed by atoms with Gasteiger partial charge in [0.2, 0.25) is 7.41 Å². The average Bonchev–Trinajstić information content (AvgIpc) is 1.95. The van der Waals surface area contributed by atoms with Gasteiger partial charge in [-0.1, -0.05) is 6.82 Å². The van der Waals surface area contributed by atoms with Crippen LogP contribution in [-0.2, 0) is 0 Å². The van der Waals surface area contributed by atoms with Crippen LogP contribution in [0.1, 0.15) is 6.92 Å². The minimum absolute atomic E-state index is 0.744. The number of piperazine rings is 1. The van der Waals surface area contributed by atoms with E-state index in [1.165, 1.54) is 27.0 Å². The lowest BCUT2D eigenvalue weighted by Gasteiger charge is -2.37. The van der Waals surface area contributed by atoms with Gasteiger partial charge < -0.3 is 9.71 Å². The third-order valence-corrected chi connectivity index (χ3v) is 2.49. The molecule has 1 atom stereocenters. The molecule has 0 aromatic carbocycles. The van der Waals surface area contributed by atoms with E-state index in [0.717, 1.165) is 6.04 Å². The molecule has 0 aromatic heterocycles. The van der Waals surface area contributed by atoms with Crippen molar-refractivity contribution in [1.29, 1.82) is 0 Å². The number of hydrogen-bond acceptors (Lipinski definition) is 2. The summed E-state index contributed by atoms with van der Waals surface area (Å²) in [5.74, 6) is 0. The van der Waals surface area contributed by atoms with Crippen molar-refractivity contribution in [3.63, 3.8) is 0 Å². The summed E-state index contributed by atoms with van der Waals surface area (Å²) in [7, 11) is 3.41. The molecule has 0 N–H and O–H groups in total. The van der Waals surface area contributed by atoms with Crippen molar-refractivity contribution in [2.24, 2.45) is 0 Å². The fraction of sp³-hybridized carbons (Fsp3) is 1.00. The van der Waals surface area contributed by atoms with Crippen molar-refractivity contribution in [1.82, 2.24) is 9.71 Å². The Morgan fingerprint density at radius 1 is 1.40 bits per heavy atom. The maximum Gasteiger partial charge on any atom is 0.201 e. The number of nitrogens with zero attached hydrogens (tertiary/aromatic N) is 2. The molecule has 1 unspecified atom stereocenters. The van der Waals surface area contributed by atoms with E-state index in [0.29, 0.717) is 0 Å². The number of likely N-dealkylation sites (N-methyl/N-ethyl adjacent to an activating group) is 1. The van der Waals surface area contributed by atoms with Crippen LogP contribution in [0.3, 0.4) is 0 Å². The van der Waals surface area contributed by atoms with Crippen LogP contribution in [0.5, 0.6) is 0 Å². The Hall–Kier alpha value is -0.0151. The summed E-state index contributed by atoms with van der Waals surface area (Å²) in [6.45, 7) is 8.25. The molecule has 0 aliphatic carbocycles. The molecule has 0 saturated carbocycles. The van der Waals surface area contributed by atoms with E-state index >= 15 is 0 Å². The summed E-state index contributed by atoms with van der Waals surface area (Å²) in [6, 6.07) is 0.744. The molecule has 0 amide bonds. The predicted octanol–water partition coefficient (Wildman–Crippen LogP) is 0.0219. The molecular weight excluding hydrogens is 123 g/mol. The van der Waals surface area contributed by atoms with Gasteiger partial charge in [-0.3, -0.25) is 0 Å². The minimum atomic E-state index is 0.744. The first-order chi connectivity index (χ1) is 4.74. The summed E-state index contributed by atoms with van der Waals surface area (Å²) < 4.78 is 0. The number of hydrogen-bond donors (Lipinski definition) is 0. The third kappa shape index (κ3) is 1.73. The predicted molar refractivity (Wildman–Crippen MR) is 46.7 cm³/mol. The molecule has 58 valence electrons. The zero-order valence-electron chi connectivity index (χ0n) is 7.30. The van der Waals surface area contributed by atoms with Gasteiger partial charge >= 0.3 is 0 Å². The Labute approximate surface area is 64.5 Å². The summed E-state index contributed by atoms with van der Waals surface area (Å²) in [6.07, 6.45) is 0. The van der Waals surface area contributed by atoms with Crippen LogP contribution in [0, 0.1) is 0 Å². The lowest BCUT2D eigenvalue weighted by atomic mass is 9.93. The Bertz CT molecular complexity index is 108. The topological polar surface area (TPSA) is 6.48 Å². The second-order valence-corrected chi connectivity index (χ2v) is 3.22. The highest BCUT2D eigenvalue weighted by Gasteiger charge is 2.18. The van der Waals surface area contributed by atoms with Crippen molar-refractivity contribution in [2.45, 2.75) is 19.8 Å². The molecule has 1 rings (SSSR count). The molecule has 0 aromatic rings. The Balaban J connectivity index is 2.33. The van der Waals surface area contributed by atoms with Gasteiger partial charge in [0.25, 0.3) is 0 Å². The van der Waals surface area contributed by atoms with E-state index in [4.69, 9.17) is 0 Å². The van der Waals surface area contributed by atoms with Crippen molar-refractivity contribution < 1.29 is 0 Å². The van der Waals surface area contributed by atoms with Crippen LogP contribution < -0.4 is 0 Å². The van der Waals surface area contributed by atoms with Crippen LogP contribution in [0.4, 0.5) is 0 Å². The monoisotopic (exact) mass is 140 g/mol. The average molecular weight is 140 g/mol. The van der Waals surface area contributed by atoms with Crippen molar-refractivity contribution >= 4 is 7.41 Å². The smallest absolute Gasteiger partial charge is 0.201 e. The molecular formula is C7H17BN2. The SMILES string of the molecule is CBN1CCN(C)C(C)C1. The first kappa shape index (κ1) is 8.09. The van der Waals surface area contributed by atoms with Crippen molar-refractivity contribution in [2.75, 3.05) is 26.7 Å². The molecule has 3 heteroatoms. The standard InChI is InChI=1S/C7H17BN2/c1-7-6-10(8-2)5-4-9(7)3/h7-8H,4-6H2,1-3H3. The minimum Gasteiger partial charge on any atom is -0.343 e. The van der Waals surface area contributed by atoms with Crippen molar-refractivity contribution in [3.05, 3.63) is 0 Å².